The summed E-state index contributed by atoms with van der Waals surface area (Å²) in [5.74, 6) is -0.376. The van der Waals surface area contributed by atoms with Gasteiger partial charge in [0.1, 0.15) is 11.4 Å². The van der Waals surface area contributed by atoms with Gasteiger partial charge in [0.05, 0.1) is 42.8 Å². The van der Waals surface area contributed by atoms with Crippen LogP contribution in [-0.4, -0.2) is 68.3 Å². The molecule has 0 spiro atoms. The molecule has 1 amide bonds. The highest BCUT2D eigenvalue weighted by atomic mass is 32.2. The highest BCUT2D eigenvalue weighted by molar-refractivity contribution is 7.90. The Balaban J connectivity index is 1.67. The van der Waals surface area contributed by atoms with Crippen LogP contribution in [0.15, 0.2) is 54.6 Å². The molecule has 38 heavy (non-hydrogen) atoms. The first-order chi connectivity index (χ1) is 18.3. The number of fused-ring (bicyclic) bond motifs is 1. The summed E-state index contributed by atoms with van der Waals surface area (Å²) >= 11 is 0. The Morgan fingerprint density at radius 3 is 2.50 bits per heavy atom. The van der Waals surface area contributed by atoms with E-state index in [1.807, 2.05) is 55.5 Å². The zero-order chi connectivity index (χ0) is 26.9. The Morgan fingerprint density at radius 1 is 1.08 bits per heavy atom. The minimum absolute atomic E-state index is 0.0224. The number of benzene rings is 2. The molecule has 2 aromatic carbocycles. The molecule has 1 saturated heterocycles. The first kappa shape index (κ1) is 25.7. The van der Waals surface area contributed by atoms with Gasteiger partial charge in [-0.05, 0) is 55.3 Å². The predicted molar refractivity (Wildman–Crippen MR) is 146 cm³/mol. The maximum absolute atomic E-state index is 13.0. The summed E-state index contributed by atoms with van der Waals surface area (Å²) < 4.78 is 38.9. The number of pyridine rings is 1. The number of nitrogens with zero attached hydrogens (tertiary/aromatic N) is 4. The van der Waals surface area contributed by atoms with E-state index in [4.69, 9.17) is 14.6 Å². The molecule has 1 fully saturated rings. The Kier molecular flexibility index (Phi) is 7.04. The van der Waals surface area contributed by atoms with Gasteiger partial charge in [0.25, 0.3) is 5.91 Å². The Bertz CT molecular complexity index is 1590. The maximum atomic E-state index is 13.0. The summed E-state index contributed by atoms with van der Waals surface area (Å²) in [6.45, 7) is 6.37. The van der Waals surface area contributed by atoms with Crippen LogP contribution in [0.3, 0.4) is 0 Å². The molecule has 1 aliphatic rings. The van der Waals surface area contributed by atoms with Crippen molar-refractivity contribution in [3.63, 3.8) is 0 Å². The third-order valence-electron chi connectivity index (χ3n) is 6.53. The molecule has 4 aromatic rings. The molecule has 0 radical (unpaired) electrons. The standard InChI is InChI=1S/C27H29N5O5S/c1-4-38(34,35)30-27(33)24-17-23(19-8-10-20(11-9-19)31-12-14-37-15-13-31)25-18(2)29-32(26(25)28-24)21-6-5-7-22(16-21)36-3/h5-11,16-17H,4,12-15H2,1-3H3,(H,30,33). The number of hydrogen-bond acceptors (Lipinski definition) is 8. The van der Waals surface area contributed by atoms with E-state index in [2.05, 4.69) is 14.6 Å². The minimum atomic E-state index is -3.78. The maximum Gasteiger partial charge on any atom is 0.283 e. The van der Waals surface area contributed by atoms with Gasteiger partial charge in [-0.3, -0.25) is 4.79 Å². The molecule has 10 nitrogen and oxygen atoms in total. The lowest BCUT2D eigenvalue weighted by molar-refractivity contribution is 0.0977. The van der Waals surface area contributed by atoms with Crippen LogP contribution in [0.2, 0.25) is 0 Å². The molecule has 0 bridgehead atoms. The molecule has 11 heteroatoms. The first-order valence-electron chi connectivity index (χ1n) is 12.3. The first-order valence-corrected chi connectivity index (χ1v) is 14.0. The van der Waals surface area contributed by atoms with E-state index in [0.29, 0.717) is 30.3 Å². The van der Waals surface area contributed by atoms with Crippen LogP contribution in [0.4, 0.5) is 5.69 Å². The van der Waals surface area contributed by atoms with Crippen molar-refractivity contribution >= 4 is 32.7 Å². The van der Waals surface area contributed by atoms with Gasteiger partial charge in [0, 0.05) is 24.8 Å². The molecular formula is C27H29N5O5S. The highest BCUT2D eigenvalue weighted by Gasteiger charge is 2.22. The van der Waals surface area contributed by atoms with E-state index < -0.39 is 15.9 Å². The van der Waals surface area contributed by atoms with Gasteiger partial charge in [0.15, 0.2) is 5.65 Å². The van der Waals surface area contributed by atoms with Gasteiger partial charge < -0.3 is 14.4 Å². The van der Waals surface area contributed by atoms with E-state index in [-0.39, 0.29) is 11.4 Å². The van der Waals surface area contributed by atoms with Crippen LogP contribution in [0, 0.1) is 6.92 Å². The van der Waals surface area contributed by atoms with Crippen molar-refractivity contribution < 1.29 is 22.7 Å². The molecule has 198 valence electrons. The Hall–Kier alpha value is -3.96. The van der Waals surface area contributed by atoms with Gasteiger partial charge >= 0.3 is 0 Å². The fourth-order valence-electron chi connectivity index (χ4n) is 4.49. The third-order valence-corrected chi connectivity index (χ3v) is 7.78. The van der Waals surface area contributed by atoms with Crippen molar-refractivity contribution in [2.75, 3.05) is 44.1 Å². The van der Waals surface area contributed by atoms with E-state index in [0.717, 1.165) is 41.0 Å². The van der Waals surface area contributed by atoms with Gasteiger partial charge in [-0.15, -0.1) is 0 Å². The van der Waals surface area contributed by atoms with Crippen molar-refractivity contribution in [1.29, 1.82) is 0 Å². The number of aromatic nitrogens is 3. The van der Waals surface area contributed by atoms with Crippen molar-refractivity contribution in [3.05, 3.63) is 66.0 Å². The number of carbonyl (C=O) groups is 1. The second-order valence-corrected chi connectivity index (χ2v) is 10.9. The number of rotatable bonds is 7. The quantitative estimate of drug-likeness (QED) is 0.383. The van der Waals surface area contributed by atoms with Gasteiger partial charge in [-0.1, -0.05) is 18.2 Å². The number of ether oxygens (including phenoxy) is 2. The van der Waals surface area contributed by atoms with Crippen LogP contribution >= 0.6 is 0 Å². The average Bonchev–Trinajstić information content (AvgIpc) is 3.29. The second-order valence-electron chi connectivity index (χ2n) is 8.93. The average molecular weight is 536 g/mol. The third kappa shape index (κ3) is 5.07. The molecular weight excluding hydrogens is 506 g/mol. The van der Waals surface area contributed by atoms with Crippen LogP contribution in [-0.2, 0) is 14.8 Å². The molecule has 0 aliphatic carbocycles. The number of methoxy groups -OCH3 is 1. The smallest absolute Gasteiger partial charge is 0.283 e. The molecule has 5 rings (SSSR count). The number of aryl methyl sites for hydroxylation is 1. The van der Waals surface area contributed by atoms with E-state index >= 15 is 0 Å². The molecule has 1 N–H and O–H groups in total. The van der Waals surface area contributed by atoms with Crippen molar-refractivity contribution in [2.24, 2.45) is 0 Å². The SMILES string of the molecule is CCS(=O)(=O)NC(=O)c1cc(-c2ccc(N3CCOCC3)cc2)c2c(C)nn(-c3cccc(OC)c3)c2n1. The summed E-state index contributed by atoms with van der Waals surface area (Å²) in [5.41, 5.74) is 4.50. The number of hydrogen-bond donors (Lipinski definition) is 1. The Labute approximate surface area is 221 Å². The van der Waals surface area contributed by atoms with Gasteiger partial charge in [-0.2, -0.15) is 5.10 Å². The number of anilines is 1. The number of morpholine rings is 1. The molecule has 2 aromatic heterocycles. The fraction of sp³-hybridized carbons (Fsp3) is 0.296. The van der Waals surface area contributed by atoms with Gasteiger partial charge in [0.2, 0.25) is 10.0 Å². The number of nitrogens with one attached hydrogen (secondary N) is 1. The number of sulfonamides is 1. The molecule has 0 unspecified atom stereocenters. The van der Waals surface area contributed by atoms with Crippen LogP contribution in [0.1, 0.15) is 23.1 Å². The van der Waals surface area contributed by atoms with Gasteiger partial charge in [-0.25, -0.2) is 22.8 Å². The van der Waals surface area contributed by atoms with E-state index in [1.165, 1.54) is 6.92 Å². The lowest BCUT2D eigenvalue weighted by Gasteiger charge is -2.29. The normalized spacial score (nSPS) is 14.0. The van der Waals surface area contributed by atoms with Crippen molar-refractivity contribution in [3.8, 4) is 22.6 Å². The largest absolute Gasteiger partial charge is 0.497 e. The predicted octanol–water partition coefficient (Wildman–Crippen LogP) is 3.32. The highest BCUT2D eigenvalue weighted by Crippen LogP contribution is 2.34. The summed E-state index contributed by atoms with van der Waals surface area (Å²) in [7, 11) is -2.19. The zero-order valence-corrected chi connectivity index (χ0v) is 22.3. The second kappa shape index (κ2) is 10.4. The van der Waals surface area contributed by atoms with E-state index in [9.17, 15) is 13.2 Å². The summed E-state index contributed by atoms with van der Waals surface area (Å²) in [4.78, 5) is 19.9. The number of amides is 1. The summed E-state index contributed by atoms with van der Waals surface area (Å²) in [5, 5.41) is 5.50. The fourth-order valence-corrected chi connectivity index (χ4v) is 5.03. The molecule has 1 aliphatic heterocycles. The monoisotopic (exact) mass is 535 g/mol. The number of carbonyl (C=O) groups excluding carboxylic acids is 1. The summed E-state index contributed by atoms with van der Waals surface area (Å²) in [6, 6.07) is 17.0. The molecule has 0 saturated carbocycles. The van der Waals surface area contributed by atoms with Crippen LogP contribution in [0.25, 0.3) is 27.8 Å². The van der Waals surface area contributed by atoms with Crippen LogP contribution in [0.5, 0.6) is 5.75 Å². The van der Waals surface area contributed by atoms with Crippen molar-refractivity contribution in [1.82, 2.24) is 19.5 Å². The molecule has 3 heterocycles. The van der Waals surface area contributed by atoms with Crippen LogP contribution < -0.4 is 14.4 Å². The summed E-state index contributed by atoms with van der Waals surface area (Å²) in [6.07, 6.45) is 0. The van der Waals surface area contributed by atoms with E-state index in [1.54, 1.807) is 17.9 Å². The molecule has 0 atom stereocenters. The Morgan fingerprint density at radius 2 is 1.82 bits per heavy atom. The lowest BCUT2D eigenvalue weighted by Crippen LogP contribution is -2.36. The zero-order valence-electron chi connectivity index (χ0n) is 21.5. The lowest BCUT2D eigenvalue weighted by atomic mass is 10.0. The minimum Gasteiger partial charge on any atom is -0.497 e. The van der Waals surface area contributed by atoms with Crippen molar-refractivity contribution in [2.45, 2.75) is 13.8 Å². The topological polar surface area (TPSA) is 116 Å².